The maximum atomic E-state index is 14.7. The summed E-state index contributed by atoms with van der Waals surface area (Å²) >= 11 is 0. The molecule has 0 spiro atoms. The van der Waals surface area contributed by atoms with Crippen LogP contribution in [0.25, 0.3) is 22.0 Å². The summed E-state index contributed by atoms with van der Waals surface area (Å²) in [6, 6.07) is 14.0. The molecule has 7 heteroatoms. The minimum absolute atomic E-state index is 0. The number of carbonyl (C=O) groups excluding carboxylic acids is 1. The van der Waals surface area contributed by atoms with Crippen LogP contribution in [0.1, 0.15) is 68.0 Å². The quantitative estimate of drug-likeness (QED) is 0.272. The second kappa shape index (κ2) is 10.2. The molecule has 1 aromatic heterocycles. The summed E-state index contributed by atoms with van der Waals surface area (Å²) in [5, 5.41) is 3.81. The molecule has 1 N–H and O–H groups in total. The zero-order valence-electron chi connectivity index (χ0n) is 20.7. The molecule has 1 atom stereocenters. The Morgan fingerprint density at radius 1 is 1.08 bits per heavy atom. The van der Waals surface area contributed by atoms with E-state index in [2.05, 4.69) is 10.3 Å². The van der Waals surface area contributed by atoms with Crippen molar-refractivity contribution in [2.24, 2.45) is 0 Å². The second-order valence-corrected chi connectivity index (χ2v) is 9.25. The fourth-order valence-electron chi connectivity index (χ4n) is 5.26. The van der Waals surface area contributed by atoms with E-state index in [0.717, 1.165) is 35.8 Å². The summed E-state index contributed by atoms with van der Waals surface area (Å²) < 4.78 is 48.5. The molecule has 4 nitrogen and oxygen atoms in total. The molecule has 1 amide bonds. The molecule has 192 valence electrons. The third kappa shape index (κ3) is 4.54. The number of nitrogens with zero attached hydrogens (tertiary/aromatic N) is 1. The average Bonchev–Trinajstić information content (AvgIpc) is 2.91. The topological polar surface area (TPSA) is 51.2 Å². The maximum absolute atomic E-state index is 14.7. The maximum Gasteiger partial charge on any atom is 0.253 e. The number of carbonyl (C=O) groups is 1. The molecule has 0 bridgehead atoms. The van der Waals surface area contributed by atoms with Crippen LogP contribution in [0.15, 0.2) is 60.8 Å². The van der Waals surface area contributed by atoms with E-state index in [9.17, 15) is 18.0 Å². The molecule has 5 rings (SSSR count). The smallest absolute Gasteiger partial charge is 0.253 e. The Kier molecular flexibility index (Phi) is 6.87. The highest BCUT2D eigenvalue weighted by molar-refractivity contribution is 6.03. The standard InChI is InChI=1S/C30H27F3N2O2.H2/c1-3-17(4-2)27-21-10-7-9-19(22-14-18(31)15-24(32)28(22)33)29(21)34-16-23(27)30(36)35-25-12-13-37-26-11-6-5-8-20(25)26;/h5-11,14-17,25H,3-4,12-13H2,1-2H3,(H,35,36);1H/t25-;/m0./s1. The van der Waals surface area contributed by atoms with Crippen molar-refractivity contribution in [2.75, 3.05) is 6.61 Å². The molecular weight excluding hydrogens is 477 g/mol. The lowest BCUT2D eigenvalue weighted by atomic mass is 9.86. The molecule has 0 aliphatic carbocycles. The SMILES string of the molecule is CCC(CC)c1c(C(=O)N[C@H]2CCOc3ccccc32)cnc2c(-c3cc(F)cc(F)c3F)cccc12.[HH]. The van der Waals surface area contributed by atoms with Crippen molar-refractivity contribution in [2.45, 2.75) is 45.1 Å². The van der Waals surface area contributed by atoms with Gasteiger partial charge in [0.05, 0.1) is 23.7 Å². The first-order valence-electron chi connectivity index (χ1n) is 12.5. The summed E-state index contributed by atoms with van der Waals surface area (Å²) in [5.41, 5.74) is 2.61. The van der Waals surface area contributed by atoms with E-state index in [1.165, 1.54) is 6.20 Å². The van der Waals surface area contributed by atoms with Crippen LogP contribution in [0.4, 0.5) is 13.2 Å². The van der Waals surface area contributed by atoms with Gasteiger partial charge in [-0.05, 0) is 36.5 Å². The third-order valence-electron chi connectivity index (χ3n) is 7.12. The first-order valence-corrected chi connectivity index (χ1v) is 12.5. The van der Waals surface area contributed by atoms with Crippen molar-refractivity contribution in [1.82, 2.24) is 10.3 Å². The molecule has 1 aliphatic rings. The molecule has 0 saturated carbocycles. The first-order chi connectivity index (χ1) is 17.9. The summed E-state index contributed by atoms with van der Waals surface area (Å²) in [5.74, 6) is -2.76. The van der Waals surface area contributed by atoms with Gasteiger partial charge in [-0.2, -0.15) is 0 Å². The lowest BCUT2D eigenvalue weighted by Crippen LogP contribution is -2.33. The number of hydrogen-bond donors (Lipinski definition) is 1. The van der Waals surface area contributed by atoms with Gasteiger partial charge in [-0.3, -0.25) is 9.78 Å². The van der Waals surface area contributed by atoms with Crippen molar-refractivity contribution in [1.29, 1.82) is 0 Å². The van der Waals surface area contributed by atoms with Crippen molar-refractivity contribution in [3.8, 4) is 16.9 Å². The number of nitrogens with one attached hydrogen (secondary N) is 1. The van der Waals surface area contributed by atoms with E-state index in [0.29, 0.717) is 35.6 Å². The molecule has 37 heavy (non-hydrogen) atoms. The molecule has 1 aliphatic heterocycles. The molecule has 0 fully saturated rings. The molecule has 0 saturated heterocycles. The lowest BCUT2D eigenvalue weighted by Gasteiger charge is -2.27. The second-order valence-electron chi connectivity index (χ2n) is 9.25. The summed E-state index contributed by atoms with van der Waals surface area (Å²) in [7, 11) is 0. The van der Waals surface area contributed by atoms with Crippen LogP contribution in [0, 0.1) is 17.5 Å². The zero-order valence-corrected chi connectivity index (χ0v) is 20.7. The highest BCUT2D eigenvalue weighted by atomic mass is 19.2. The number of amides is 1. The Hall–Kier alpha value is -3.87. The fourth-order valence-corrected chi connectivity index (χ4v) is 5.26. The van der Waals surface area contributed by atoms with Gasteiger partial charge in [-0.1, -0.05) is 50.2 Å². The van der Waals surface area contributed by atoms with Gasteiger partial charge in [0, 0.05) is 42.2 Å². The number of hydrogen-bond acceptors (Lipinski definition) is 3. The third-order valence-corrected chi connectivity index (χ3v) is 7.12. The Labute approximate surface area is 215 Å². The number of rotatable bonds is 6. The van der Waals surface area contributed by atoms with Gasteiger partial charge in [0.1, 0.15) is 11.6 Å². The van der Waals surface area contributed by atoms with Crippen LogP contribution in [0.2, 0.25) is 0 Å². The number of benzene rings is 3. The Morgan fingerprint density at radius 2 is 1.86 bits per heavy atom. The van der Waals surface area contributed by atoms with Crippen molar-refractivity contribution in [3.05, 3.63) is 94.9 Å². The normalized spacial score (nSPS) is 14.9. The van der Waals surface area contributed by atoms with Gasteiger partial charge in [0.2, 0.25) is 0 Å². The molecule has 2 heterocycles. The van der Waals surface area contributed by atoms with Crippen molar-refractivity contribution < 1.29 is 24.1 Å². The predicted molar refractivity (Wildman–Crippen MR) is 139 cm³/mol. The van der Waals surface area contributed by atoms with Crippen LogP contribution in [-0.2, 0) is 0 Å². The summed E-state index contributed by atoms with van der Waals surface area (Å²) in [4.78, 5) is 18.2. The Balaban J connectivity index is 0.00000336. The van der Waals surface area contributed by atoms with Gasteiger partial charge in [-0.15, -0.1) is 0 Å². The minimum atomic E-state index is -1.26. The summed E-state index contributed by atoms with van der Waals surface area (Å²) in [6.07, 6.45) is 3.67. The van der Waals surface area contributed by atoms with Crippen LogP contribution < -0.4 is 10.1 Å². The number of para-hydroxylation sites is 2. The van der Waals surface area contributed by atoms with Gasteiger partial charge in [0.15, 0.2) is 11.6 Å². The van der Waals surface area contributed by atoms with E-state index in [1.807, 2.05) is 44.2 Å². The van der Waals surface area contributed by atoms with E-state index in [-0.39, 0.29) is 30.4 Å². The van der Waals surface area contributed by atoms with Gasteiger partial charge in [0.25, 0.3) is 5.91 Å². The molecular formula is C30H29F3N2O2. The van der Waals surface area contributed by atoms with Crippen molar-refractivity contribution >= 4 is 16.8 Å². The molecule has 3 aromatic carbocycles. The minimum Gasteiger partial charge on any atom is -0.493 e. The molecule has 4 aromatic rings. The van der Waals surface area contributed by atoms with E-state index >= 15 is 0 Å². The highest BCUT2D eigenvalue weighted by Gasteiger charge is 2.27. The highest BCUT2D eigenvalue weighted by Crippen LogP contribution is 2.38. The first kappa shape index (κ1) is 24.8. The monoisotopic (exact) mass is 506 g/mol. The Bertz CT molecular complexity index is 1490. The lowest BCUT2D eigenvalue weighted by molar-refractivity contribution is 0.0923. The average molecular weight is 507 g/mol. The number of ether oxygens (including phenoxy) is 1. The van der Waals surface area contributed by atoms with Crippen LogP contribution in [0.5, 0.6) is 5.75 Å². The van der Waals surface area contributed by atoms with Crippen molar-refractivity contribution in [3.63, 3.8) is 0 Å². The number of pyridine rings is 1. The number of aromatic nitrogens is 1. The molecule has 0 radical (unpaired) electrons. The van der Waals surface area contributed by atoms with Crippen LogP contribution >= 0.6 is 0 Å². The Morgan fingerprint density at radius 3 is 2.65 bits per heavy atom. The van der Waals surface area contributed by atoms with E-state index < -0.39 is 17.5 Å². The number of fused-ring (bicyclic) bond motifs is 2. The van der Waals surface area contributed by atoms with Gasteiger partial charge < -0.3 is 10.1 Å². The van der Waals surface area contributed by atoms with Crippen LogP contribution in [0.3, 0.4) is 0 Å². The largest absolute Gasteiger partial charge is 0.493 e. The van der Waals surface area contributed by atoms with Crippen LogP contribution in [-0.4, -0.2) is 17.5 Å². The molecule has 0 unspecified atom stereocenters. The van der Waals surface area contributed by atoms with E-state index in [4.69, 9.17) is 4.74 Å². The summed E-state index contributed by atoms with van der Waals surface area (Å²) in [6.45, 7) is 4.58. The van der Waals surface area contributed by atoms with Gasteiger partial charge >= 0.3 is 0 Å². The number of halogens is 3. The van der Waals surface area contributed by atoms with E-state index in [1.54, 1.807) is 12.1 Å². The zero-order chi connectivity index (χ0) is 26.1. The fraction of sp³-hybridized carbons (Fsp3) is 0.267. The van der Waals surface area contributed by atoms with Gasteiger partial charge in [-0.25, -0.2) is 13.2 Å². The predicted octanol–water partition coefficient (Wildman–Crippen LogP) is 7.72.